The van der Waals surface area contributed by atoms with Gasteiger partial charge in [-0.3, -0.25) is 14.5 Å². The number of nitrogens with zero attached hydrogens (tertiary/aromatic N) is 1. The first kappa shape index (κ1) is 22.2. The van der Waals surface area contributed by atoms with Crippen LogP contribution >= 0.6 is 23.2 Å². The number of pyridine rings is 1. The monoisotopic (exact) mass is 493 g/mol. The molecule has 0 saturated heterocycles. The van der Waals surface area contributed by atoms with E-state index in [9.17, 15) is 13.2 Å². The van der Waals surface area contributed by atoms with Crippen LogP contribution in [0.25, 0.3) is 21.9 Å². The largest absolute Gasteiger partial charge is 0.493 e. The minimum absolute atomic E-state index is 0.0200. The highest BCUT2D eigenvalue weighted by Crippen LogP contribution is 2.38. The highest BCUT2D eigenvalue weighted by molar-refractivity contribution is 7.92. The normalized spacial score (nSPS) is 11.6. The summed E-state index contributed by atoms with van der Waals surface area (Å²) in [5.41, 5.74) is 2.26. The van der Waals surface area contributed by atoms with Crippen molar-refractivity contribution < 1.29 is 22.4 Å². The average molecular weight is 494 g/mol. The first-order valence-corrected chi connectivity index (χ1v) is 11.9. The number of fused-ring (bicyclic) bond motifs is 3. The fourth-order valence-corrected chi connectivity index (χ4v) is 4.41. The lowest BCUT2D eigenvalue weighted by atomic mass is 10.0. The third-order valence-corrected chi connectivity index (χ3v) is 5.84. The number of nitrogens with one attached hydrogen (secondary N) is 2. The molecule has 32 heavy (non-hydrogen) atoms. The summed E-state index contributed by atoms with van der Waals surface area (Å²) in [6.07, 6.45) is 3.82. The number of amides is 1. The number of methoxy groups -OCH3 is 1. The van der Waals surface area contributed by atoms with Crippen molar-refractivity contribution in [2.45, 2.75) is 6.42 Å². The van der Waals surface area contributed by atoms with Gasteiger partial charge in [-0.05, 0) is 29.8 Å². The molecule has 2 aromatic carbocycles. The Labute approximate surface area is 193 Å². The summed E-state index contributed by atoms with van der Waals surface area (Å²) < 4.78 is 37.1. The van der Waals surface area contributed by atoms with E-state index in [0.29, 0.717) is 38.9 Å². The maximum atomic E-state index is 12.8. The predicted molar refractivity (Wildman–Crippen MR) is 125 cm³/mol. The fourth-order valence-electron chi connectivity index (χ4n) is 3.40. The molecule has 0 bridgehead atoms. The summed E-state index contributed by atoms with van der Waals surface area (Å²) in [5.74, 6) is 0.129. The molecule has 166 valence electrons. The van der Waals surface area contributed by atoms with Crippen LogP contribution in [0.3, 0.4) is 0 Å². The van der Waals surface area contributed by atoms with Gasteiger partial charge in [0.2, 0.25) is 15.9 Å². The summed E-state index contributed by atoms with van der Waals surface area (Å²) in [6.45, 7) is 0. The maximum absolute atomic E-state index is 12.8. The van der Waals surface area contributed by atoms with Gasteiger partial charge in [-0.15, -0.1) is 0 Å². The van der Waals surface area contributed by atoms with Gasteiger partial charge in [-0.2, -0.15) is 0 Å². The summed E-state index contributed by atoms with van der Waals surface area (Å²) in [6, 6.07) is 8.36. The van der Waals surface area contributed by atoms with Crippen molar-refractivity contribution in [1.82, 2.24) is 4.98 Å². The number of ether oxygens (including phenoxy) is 1. The van der Waals surface area contributed by atoms with Crippen molar-refractivity contribution in [3.63, 3.8) is 0 Å². The summed E-state index contributed by atoms with van der Waals surface area (Å²) in [5, 5.41) is 4.42. The number of carbonyl (C=O) groups is 1. The van der Waals surface area contributed by atoms with E-state index >= 15 is 0 Å². The van der Waals surface area contributed by atoms with Crippen molar-refractivity contribution in [3.8, 4) is 5.75 Å². The smallest absolute Gasteiger partial charge is 0.229 e. The van der Waals surface area contributed by atoms with Crippen LogP contribution in [0.2, 0.25) is 10.0 Å². The molecule has 4 rings (SSSR count). The number of aromatic nitrogens is 1. The fraction of sp³-hybridized carbons (Fsp3) is 0.143. The highest BCUT2D eigenvalue weighted by atomic mass is 35.5. The summed E-state index contributed by atoms with van der Waals surface area (Å²) in [4.78, 5) is 16.7. The number of halogens is 2. The number of anilines is 2. The van der Waals surface area contributed by atoms with E-state index in [1.807, 2.05) is 0 Å². The molecular weight excluding hydrogens is 477 g/mol. The minimum Gasteiger partial charge on any atom is -0.493 e. The second-order valence-corrected chi connectivity index (χ2v) is 9.58. The zero-order valence-corrected chi connectivity index (χ0v) is 19.2. The summed E-state index contributed by atoms with van der Waals surface area (Å²) in [7, 11) is -1.95. The second kappa shape index (κ2) is 8.50. The quantitative estimate of drug-likeness (QED) is 0.397. The van der Waals surface area contributed by atoms with Crippen LogP contribution in [0.4, 0.5) is 11.4 Å². The van der Waals surface area contributed by atoms with Crippen molar-refractivity contribution in [2.24, 2.45) is 0 Å². The molecule has 0 saturated carbocycles. The van der Waals surface area contributed by atoms with Crippen molar-refractivity contribution >= 4 is 72.4 Å². The Morgan fingerprint density at radius 1 is 1.16 bits per heavy atom. The predicted octanol–water partition coefficient (Wildman–Crippen LogP) is 4.85. The van der Waals surface area contributed by atoms with E-state index in [1.165, 1.54) is 19.5 Å². The zero-order chi connectivity index (χ0) is 23.0. The molecule has 0 aliphatic rings. The number of carbonyl (C=O) groups excluding carboxylic acids is 1. The van der Waals surface area contributed by atoms with Gasteiger partial charge in [0.25, 0.3) is 0 Å². The Balaban J connectivity index is 1.79. The Hall–Kier alpha value is -3.01. The van der Waals surface area contributed by atoms with E-state index in [0.717, 1.165) is 6.26 Å². The van der Waals surface area contributed by atoms with Gasteiger partial charge in [-0.1, -0.05) is 29.3 Å². The topological polar surface area (TPSA) is 111 Å². The first-order valence-electron chi connectivity index (χ1n) is 9.25. The van der Waals surface area contributed by atoms with Gasteiger partial charge in [-0.25, -0.2) is 8.42 Å². The van der Waals surface area contributed by atoms with E-state index in [2.05, 4.69) is 15.0 Å². The minimum atomic E-state index is -3.47. The number of furan rings is 1. The second-order valence-electron chi connectivity index (χ2n) is 7.02. The molecule has 0 radical (unpaired) electrons. The van der Waals surface area contributed by atoms with Crippen LogP contribution in [0.1, 0.15) is 5.56 Å². The van der Waals surface area contributed by atoms with Crippen LogP contribution in [-0.4, -0.2) is 32.7 Å². The number of benzene rings is 2. The molecule has 2 N–H and O–H groups in total. The number of sulfonamides is 1. The van der Waals surface area contributed by atoms with Crippen molar-refractivity contribution in [1.29, 1.82) is 0 Å². The molecule has 8 nitrogen and oxygen atoms in total. The number of hydrogen-bond acceptors (Lipinski definition) is 6. The van der Waals surface area contributed by atoms with Crippen molar-refractivity contribution in [2.75, 3.05) is 23.4 Å². The molecule has 2 heterocycles. The van der Waals surface area contributed by atoms with Gasteiger partial charge >= 0.3 is 0 Å². The SMILES string of the molecule is COc1ccc(CC(=O)Nc2c(Cl)cncc2Cl)c2c1oc1ccc(NS(C)(=O)=O)cc12. The summed E-state index contributed by atoms with van der Waals surface area (Å²) >= 11 is 12.2. The van der Waals surface area contributed by atoms with Crippen LogP contribution in [0, 0.1) is 0 Å². The molecule has 1 amide bonds. The van der Waals surface area contributed by atoms with E-state index in [1.54, 1.807) is 30.3 Å². The third-order valence-electron chi connectivity index (χ3n) is 4.66. The Morgan fingerprint density at radius 2 is 1.88 bits per heavy atom. The molecule has 0 spiro atoms. The lowest BCUT2D eigenvalue weighted by Gasteiger charge is -2.10. The molecule has 0 fully saturated rings. The molecule has 0 aliphatic carbocycles. The molecular formula is C21H17Cl2N3O5S. The van der Waals surface area contributed by atoms with Crippen LogP contribution in [0.5, 0.6) is 5.75 Å². The van der Waals surface area contributed by atoms with Crippen LogP contribution in [0.15, 0.2) is 47.1 Å². The third kappa shape index (κ3) is 4.45. The Bertz CT molecular complexity index is 1450. The van der Waals surface area contributed by atoms with Gasteiger partial charge < -0.3 is 14.5 Å². The van der Waals surface area contributed by atoms with Crippen LogP contribution < -0.4 is 14.8 Å². The Kier molecular flexibility index (Phi) is 5.89. The molecule has 2 aromatic heterocycles. The Morgan fingerprint density at radius 3 is 2.53 bits per heavy atom. The lowest BCUT2D eigenvalue weighted by Crippen LogP contribution is -2.15. The van der Waals surface area contributed by atoms with Gasteiger partial charge in [0.1, 0.15) is 5.58 Å². The molecule has 0 unspecified atom stereocenters. The van der Waals surface area contributed by atoms with Crippen molar-refractivity contribution in [3.05, 3.63) is 58.3 Å². The molecule has 4 aromatic rings. The van der Waals surface area contributed by atoms with E-state index < -0.39 is 10.0 Å². The first-order chi connectivity index (χ1) is 15.2. The van der Waals surface area contributed by atoms with E-state index in [4.69, 9.17) is 32.4 Å². The lowest BCUT2D eigenvalue weighted by molar-refractivity contribution is -0.115. The molecule has 0 atom stereocenters. The van der Waals surface area contributed by atoms with Crippen LogP contribution in [-0.2, 0) is 21.2 Å². The average Bonchev–Trinajstić information content (AvgIpc) is 3.09. The van der Waals surface area contributed by atoms with Gasteiger partial charge in [0.15, 0.2) is 11.3 Å². The highest BCUT2D eigenvalue weighted by Gasteiger charge is 2.19. The van der Waals surface area contributed by atoms with E-state index in [-0.39, 0.29) is 28.1 Å². The zero-order valence-electron chi connectivity index (χ0n) is 16.9. The maximum Gasteiger partial charge on any atom is 0.229 e. The van der Waals surface area contributed by atoms with Gasteiger partial charge in [0.05, 0.1) is 35.5 Å². The molecule has 11 heteroatoms. The number of rotatable bonds is 6. The number of hydrogen-bond donors (Lipinski definition) is 2. The van der Waals surface area contributed by atoms with Gasteiger partial charge in [0, 0.05) is 28.9 Å². The standard InChI is InChI=1S/C21H17Cl2N3O5S/c1-30-17-5-3-11(7-18(27)25-20-14(22)9-24-10-15(20)23)19-13-8-12(26-32(2,28)29)4-6-16(13)31-21(17)19/h3-6,8-10,26H,7H2,1-2H3,(H,24,25,27). The molecule has 0 aliphatic heterocycles.